The van der Waals surface area contributed by atoms with Crippen molar-refractivity contribution in [2.24, 2.45) is 0 Å². The van der Waals surface area contributed by atoms with Crippen molar-refractivity contribution in [3.63, 3.8) is 0 Å². The van der Waals surface area contributed by atoms with Crippen molar-refractivity contribution in [2.45, 2.75) is 36.8 Å². The summed E-state index contributed by atoms with van der Waals surface area (Å²) >= 11 is 1.24. The molecular formula is C15H22N2O5S. The van der Waals surface area contributed by atoms with Crippen molar-refractivity contribution in [1.82, 2.24) is 9.80 Å². The lowest BCUT2D eigenvalue weighted by Crippen LogP contribution is -2.59. The maximum atomic E-state index is 12.9. The number of aliphatic hydroxyl groups is 1. The highest BCUT2D eigenvalue weighted by Crippen LogP contribution is 2.36. The lowest BCUT2D eigenvalue weighted by molar-refractivity contribution is -0.187. The van der Waals surface area contributed by atoms with Crippen molar-refractivity contribution >= 4 is 23.6 Å². The number of nitrogens with zero attached hydrogens (tertiary/aromatic N) is 2. The Morgan fingerprint density at radius 2 is 2.26 bits per heavy atom. The van der Waals surface area contributed by atoms with E-state index in [2.05, 4.69) is 0 Å². The minimum atomic E-state index is -1.02. The van der Waals surface area contributed by atoms with Gasteiger partial charge in [0.15, 0.2) is 5.37 Å². The number of rotatable bonds is 4. The summed E-state index contributed by atoms with van der Waals surface area (Å²) in [5.74, 6) is -0.509. The van der Waals surface area contributed by atoms with Crippen LogP contribution in [-0.2, 0) is 19.1 Å². The fraction of sp³-hybridized carbons (Fsp3) is 0.733. The van der Waals surface area contributed by atoms with Gasteiger partial charge in [-0.2, -0.15) is 0 Å². The highest BCUT2D eigenvalue weighted by Gasteiger charge is 2.46. The van der Waals surface area contributed by atoms with E-state index < -0.39 is 16.9 Å². The van der Waals surface area contributed by atoms with E-state index in [0.717, 1.165) is 19.4 Å². The van der Waals surface area contributed by atoms with Gasteiger partial charge in [-0.15, -0.1) is 0 Å². The van der Waals surface area contributed by atoms with Crippen LogP contribution < -0.4 is 0 Å². The van der Waals surface area contributed by atoms with Crippen molar-refractivity contribution in [1.29, 1.82) is 0 Å². The van der Waals surface area contributed by atoms with E-state index in [4.69, 9.17) is 9.47 Å². The van der Waals surface area contributed by atoms with E-state index in [9.17, 15) is 14.7 Å². The third kappa shape index (κ3) is 3.07. The first kappa shape index (κ1) is 16.6. The highest BCUT2D eigenvalue weighted by atomic mass is 32.2. The number of β-amino-alcohol motifs (C(OH)–C–C–N with tert-alkyl or cyclic N) is 1. The van der Waals surface area contributed by atoms with Gasteiger partial charge in [-0.3, -0.25) is 4.79 Å². The van der Waals surface area contributed by atoms with Crippen molar-refractivity contribution in [2.75, 3.05) is 33.4 Å². The number of amides is 1. The topological polar surface area (TPSA) is 79.3 Å². The fourth-order valence-corrected chi connectivity index (χ4v) is 4.19. The molecule has 1 N–H and O–H groups in total. The minimum Gasteiger partial charge on any atom is -0.467 e. The largest absolute Gasteiger partial charge is 0.467 e. The van der Waals surface area contributed by atoms with Crippen LogP contribution in [0.4, 0.5) is 0 Å². The molecule has 3 heterocycles. The Bertz CT molecular complexity index is 534. The predicted octanol–water partition coefficient (Wildman–Crippen LogP) is 0.148. The molecule has 2 saturated heterocycles. The van der Waals surface area contributed by atoms with E-state index >= 15 is 0 Å². The molecule has 128 valence electrons. The Morgan fingerprint density at radius 3 is 2.78 bits per heavy atom. The third-order valence-corrected chi connectivity index (χ3v) is 5.61. The molecule has 2 atom stereocenters. The molecule has 0 bridgehead atoms. The molecule has 0 aliphatic carbocycles. The Labute approximate surface area is 139 Å². The summed E-state index contributed by atoms with van der Waals surface area (Å²) in [6, 6.07) is 0.197. The van der Waals surface area contributed by atoms with Gasteiger partial charge in [-0.1, -0.05) is 11.8 Å². The Morgan fingerprint density at radius 1 is 1.52 bits per heavy atom. The molecule has 23 heavy (non-hydrogen) atoms. The van der Waals surface area contributed by atoms with Crippen molar-refractivity contribution < 1.29 is 24.2 Å². The molecule has 8 heteroatoms. The summed E-state index contributed by atoms with van der Waals surface area (Å²) in [6.07, 6.45) is 1.98. The van der Waals surface area contributed by atoms with Gasteiger partial charge in [-0.05, 0) is 19.8 Å². The first-order valence-electron chi connectivity index (χ1n) is 7.76. The summed E-state index contributed by atoms with van der Waals surface area (Å²) < 4.78 is 9.90. The quantitative estimate of drug-likeness (QED) is 0.729. The first-order valence-corrected chi connectivity index (χ1v) is 8.71. The second kappa shape index (κ2) is 6.33. The number of likely N-dealkylation sites (tertiary alicyclic amines) is 1. The molecule has 2 fully saturated rings. The number of methoxy groups -OCH3 is 1. The standard InChI is InChI=1S/C15H22N2O5S/c1-10-4-3-5-16(10)12(18)11-6-23-13(14(19)21-2)17(11)7-15(20)8-22-9-15/h6,10,13,20H,3-5,7-9H2,1-2H3. The van der Waals surface area contributed by atoms with Crippen LogP contribution in [0.15, 0.2) is 11.1 Å². The van der Waals surface area contributed by atoms with Gasteiger partial charge in [0.1, 0.15) is 11.3 Å². The number of esters is 1. The molecule has 1 amide bonds. The van der Waals surface area contributed by atoms with E-state index in [1.54, 1.807) is 10.3 Å². The molecule has 0 aromatic rings. The number of thioether (sulfide) groups is 1. The van der Waals surface area contributed by atoms with Gasteiger partial charge in [0.25, 0.3) is 5.91 Å². The Kier molecular flexibility index (Phi) is 4.57. The summed E-state index contributed by atoms with van der Waals surface area (Å²) in [5.41, 5.74) is -0.563. The van der Waals surface area contributed by atoms with Crippen LogP contribution in [0.25, 0.3) is 0 Å². The third-order valence-electron chi connectivity index (χ3n) is 4.54. The highest BCUT2D eigenvalue weighted by molar-refractivity contribution is 8.03. The molecule has 3 rings (SSSR count). The van der Waals surface area contributed by atoms with Crippen LogP contribution >= 0.6 is 11.8 Å². The average molecular weight is 342 g/mol. The van der Waals surface area contributed by atoms with Crippen LogP contribution in [0.3, 0.4) is 0 Å². The Hall–Kier alpha value is -1.25. The van der Waals surface area contributed by atoms with Crippen LogP contribution in [0, 0.1) is 0 Å². The zero-order valence-corrected chi connectivity index (χ0v) is 14.2. The van der Waals surface area contributed by atoms with Crippen LogP contribution in [-0.4, -0.2) is 77.2 Å². The Balaban J connectivity index is 1.79. The maximum absolute atomic E-state index is 12.9. The minimum absolute atomic E-state index is 0.0854. The van der Waals surface area contributed by atoms with Crippen molar-refractivity contribution in [3.05, 3.63) is 11.1 Å². The SMILES string of the molecule is COC(=O)C1SC=C(C(=O)N2CCCC2C)N1CC1(O)COC1. The molecule has 0 aromatic carbocycles. The average Bonchev–Trinajstić information content (AvgIpc) is 3.10. The smallest absolute Gasteiger partial charge is 0.339 e. The molecule has 0 aromatic heterocycles. The molecular weight excluding hydrogens is 320 g/mol. The molecule has 0 radical (unpaired) electrons. The monoisotopic (exact) mass is 342 g/mol. The van der Waals surface area contributed by atoms with Crippen LogP contribution in [0.1, 0.15) is 19.8 Å². The normalized spacial score (nSPS) is 29.3. The van der Waals surface area contributed by atoms with Crippen LogP contribution in [0.5, 0.6) is 0 Å². The van der Waals surface area contributed by atoms with E-state index in [-0.39, 0.29) is 31.7 Å². The zero-order chi connectivity index (χ0) is 16.6. The van der Waals surface area contributed by atoms with Crippen molar-refractivity contribution in [3.8, 4) is 0 Å². The van der Waals surface area contributed by atoms with Gasteiger partial charge < -0.3 is 24.4 Å². The lowest BCUT2D eigenvalue weighted by atomic mass is 10.0. The summed E-state index contributed by atoms with van der Waals surface area (Å²) in [5, 5.41) is 11.4. The fourth-order valence-electron chi connectivity index (χ4n) is 3.15. The number of hydrogen-bond donors (Lipinski definition) is 1. The van der Waals surface area contributed by atoms with Gasteiger partial charge in [0.05, 0.1) is 26.9 Å². The zero-order valence-electron chi connectivity index (χ0n) is 13.4. The summed E-state index contributed by atoms with van der Waals surface area (Å²) in [4.78, 5) is 28.4. The second-order valence-corrected chi connectivity index (χ2v) is 7.30. The first-order chi connectivity index (χ1) is 10.9. The second-order valence-electron chi connectivity index (χ2n) is 6.35. The van der Waals surface area contributed by atoms with E-state index in [0.29, 0.717) is 5.70 Å². The van der Waals surface area contributed by atoms with Gasteiger partial charge in [-0.25, -0.2) is 4.79 Å². The lowest BCUT2D eigenvalue weighted by Gasteiger charge is -2.41. The van der Waals surface area contributed by atoms with Crippen LogP contribution in [0.2, 0.25) is 0 Å². The number of ether oxygens (including phenoxy) is 2. The number of carbonyl (C=O) groups is 2. The molecule has 0 spiro atoms. The predicted molar refractivity (Wildman–Crippen MR) is 84.4 cm³/mol. The number of carbonyl (C=O) groups excluding carboxylic acids is 2. The van der Waals surface area contributed by atoms with Gasteiger partial charge in [0, 0.05) is 18.0 Å². The van der Waals surface area contributed by atoms with E-state index in [1.165, 1.54) is 18.9 Å². The maximum Gasteiger partial charge on any atom is 0.339 e. The van der Waals surface area contributed by atoms with Gasteiger partial charge >= 0.3 is 5.97 Å². The molecule has 0 saturated carbocycles. The molecule has 3 aliphatic heterocycles. The number of hydrogen-bond acceptors (Lipinski definition) is 7. The molecule has 7 nitrogen and oxygen atoms in total. The summed E-state index contributed by atoms with van der Waals surface area (Å²) in [7, 11) is 1.32. The van der Waals surface area contributed by atoms with Gasteiger partial charge in [0.2, 0.25) is 0 Å². The van der Waals surface area contributed by atoms with E-state index in [1.807, 2.05) is 11.8 Å². The molecule has 2 unspecified atom stereocenters. The molecule has 3 aliphatic rings. The summed E-state index contributed by atoms with van der Waals surface area (Å²) in [6.45, 7) is 3.36.